The quantitative estimate of drug-likeness (QED) is 0.761. The van der Waals surface area contributed by atoms with E-state index < -0.39 is 0 Å². The van der Waals surface area contributed by atoms with Crippen LogP contribution in [0.3, 0.4) is 0 Å². The van der Waals surface area contributed by atoms with Crippen LogP contribution in [0.4, 0.5) is 0 Å². The van der Waals surface area contributed by atoms with Crippen molar-refractivity contribution in [2.24, 2.45) is 0 Å². The third-order valence-corrected chi connectivity index (χ3v) is 2.37. The lowest BCUT2D eigenvalue weighted by atomic mass is 10.2. The molecule has 1 heterocycles. The molecule has 0 aliphatic heterocycles. The van der Waals surface area contributed by atoms with Crippen LogP contribution >= 0.6 is 0 Å². The first-order chi connectivity index (χ1) is 7.52. The number of amides is 1. The van der Waals surface area contributed by atoms with Crippen LogP contribution in [0, 0.1) is 13.8 Å². The summed E-state index contributed by atoms with van der Waals surface area (Å²) in [7, 11) is 0. The zero-order valence-corrected chi connectivity index (χ0v) is 10.0. The molecule has 0 aromatic carbocycles. The second-order valence-electron chi connectivity index (χ2n) is 4.07. The normalized spacial score (nSPS) is 12.5. The molecule has 0 spiro atoms. The summed E-state index contributed by atoms with van der Waals surface area (Å²) in [5.74, 6) is -0.0767. The van der Waals surface area contributed by atoms with E-state index in [1.165, 1.54) is 0 Å². The molecule has 1 aromatic heterocycles. The first-order valence-electron chi connectivity index (χ1n) is 5.44. The highest BCUT2D eigenvalue weighted by Crippen LogP contribution is 2.01. The van der Waals surface area contributed by atoms with Crippen LogP contribution in [0.15, 0.2) is 6.07 Å². The van der Waals surface area contributed by atoms with E-state index in [9.17, 15) is 4.79 Å². The van der Waals surface area contributed by atoms with Crippen LogP contribution in [0.5, 0.6) is 0 Å². The van der Waals surface area contributed by atoms with Crippen LogP contribution in [0.25, 0.3) is 0 Å². The van der Waals surface area contributed by atoms with Gasteiger partial charge in [0, 0.05) is 18.3 Å². The average molecular weight is 225 g/mol. The Kier molecular flexibility index (Phi) is 4.49. The van der Waals surface area contributed by atoms with Gasteiger partial charge in [-0.15, -0.1) is 0 Å². The van der Waals surface area contributed by atoms with E-state index in [-0.39, 0.29) is 25.1 Å². The van der Waals surface area contributed by atoms with Crippen molar-refractivity contribution >= 4 is 5.91 Å². The largest absolute Gasteiger partial charge is 0.396 e. The smallest absolute Gasteiger partial charge is 0.241 e. The molecule has 1 amide bonds. The number of aliphatic hydroxyl groups is 1. The Balaban J connectivity index is 2.48. The van der Waals surface area contributed by atoms with E-state index in [1.54, 1.807) is 4.68 Å². The van der Waals surface area contributed by atoms with Crippen LogP contribution < -0.4 is 5.32 Å². The molecular weight excluding hydrogens is 206 g/mol. The van der Waals surface area contributed by atoms with Crippen molar-refractivity contribution in [2.75, 3.05) is 6.61 Å². The summed E-state index contributed by atoms with van der Waals surface area (Å²) in [6, 6.07) is 1.93. The third kappa shape index (κ3) is 3.66. The lowest BCUT2D eigenvalue weighted by Gasteiger charge is -2.12. The Labute approximate surface area is 95.5 Å². The molecule has 0 bridgehead atoms. The molecule has 2 N–H and O–H groups in total. The minimum atomic E-state index is -0.0767. The zero-order chi connectivity index (χ0) is 12.1. The lowest BCUT2D eigenvalue weighted by Crippen LogP contribution is -2.36. The van der Waals surface area contributed by atoms with Gasteiger partial charge < -0.3 is 10.4 Å². The predicted molar refractivity (Wildman–Crippen MR) is 61.0 cm³/mol. The fraction of sp³-hybridized carbons (Fsp3) is 0.636. The van der Waals surface area contributed by atoms with Gasteiger partial charge in [-0.05, 0) is 33.3 Å². The van der Waals surface area contributed by atoms with Gasteiger partial charge in [-0.2, -0.15) is 5.10 Å². The van der Waals surface area contributed by atoms with Crippen molar-refractivity contribution in [3.8, 4) is 0 Å². The second-order valence-corrected chi connectivity index (χ2v) is 4.07. The molecule has 1 aromatic rings. The molecule has 0 radical (unpaired) electrons. The van der Waals surface area contributed by atoms with Crippen LogP contribution in [0.1, 0.15) is 24.7 Å². The summed E-state index contributed by atoms with van der Waals surface area (Å²) in [4.78, 5) is 11.6. The molecule has 1 atom stereocenters. The van der Waals surface area contributed by atoms with Gasteiger partial charge in [-0.3, -0.25) is 9.48 Å². The summed E-state index contributed by atoms with van der Waals surface area (Å²) in [5, 5.41) is 15.7. The molecule has 1 rings (SSSR count). The van der Waals surface area contributed by atoms with E-state index in [2.05, 4.69) is 10.4 Å². The number of hydrogen-bond donors (Lipinski definition) is 2. The highest BCUT2D eigenvalue weighted by Gasteiger charge is 2.09. The number of nitrogens with zero attached hydrogens (tertiary/aromatic N) is 2. The topological polar surface area (TPSA) is 67.2 Å². The van der Waals surface area contributed by atoms with Crippen molar-refractivity contribution in [2.45, 2.75) is 39.8 Å². The summed E-state index contributed by atoms with van der Waals surface area (Å²) >= 11 is 0. The van der Waals surface area contributed by atoms with Gasteiger partial charge in [-0.1, -0.05) is 0 Å². The molecule has 5 nitrogen and oxygen atoms in total. The molecule has 0 saturated heterocycles. The number of hydrogen-bond acceptors (Lipinski definition) is 3. The fourth-order valence-electron chi connectivity index (χ4n) is 1.56. The number of rotatable bonds is 5. The van der Waals surface area contributed by atoms with E-state index in [1.807, 2.05) is 26.8 Å². The second kappa shape index (κ2) is 5.65. The molecule has 16 heavy (non-hydrogen) atoms. The van der Waals surface area contributed by atoms with Gasteiger partial charge in [0.2, 0.25) is 5.91 Å². The molecule has 0 aliphatic rings. The standard InChI is InChI=1S/C11H19N3O2/c1-8(4-5-15)12-11(16)7-14-10(3)6-9(2)13-14/h6,8,15H,4-5,7H2,1-3H3,(H,12,16). The van der Waals surface area contributed by atoms with Gasteiger partial charge in [0.05, 0.1) is 5.69 Å². The zero-order valence-electron chi connectivity index (χ0n) is 10.0. The van der Waals surface area contributed by atoms with Crippen LogP contribution in [-0.4, -0.2) is 33.4 Å². The summed E-state index contributed by atoms with van der Waals surface area (Å²) < 4.78 is 1.68. The molecule has 5 heteroatoms. The Morgan fingerprint density at radius 1 is 1.62 bits per heavy atom. The molecule has 0 saturated carbocycles. The molecular formula is C11H19N3O2. The van der Waals surface area contributed by atoms with Gasteiger partial charge >= 0.3 is 0 Å². The Bertz CT molecular complexity index is 360. The number of aryl methyl sites for hydroxylation is 2. The first kappa shape index (κ1) is 12.7. The van der Waals surface area contributed by atoms with Crippen LogP contribution in [0.2, 0.25) is 0 Å². The maximum Gasteiger partial charge on any atom is 0.241 e. The van der Waals surface area contributed by atoms with Gasteiger partial charge in [0.25, 0.3) is 0 Å². The van der Waals surface area contributed by atoms with Crippen molar-refractivity contribution in [3.05, 3.63) is 17.5 Å². The highest BCUT2D eigenvalue weighted by atomic mass is 16.3. The predicted octanol–water partition coefficient (Wildman–Crippen LogP) is 0.387. The minimum absolute atomic E-state index is 0.00512. The van der Waals surface area contributed by atoms with Crippen LogP contribution in [-0.2, 0) is 11.3 Å². The van der Waals surface area contributed by atoms with Crippen molar-refractivity contribution in [1.29, 1.82) is 0 Å². The van der Waals surface area contributed by atoms with Gasteiger partial charge in [-0.25, -0.2) is 0 Å². The van der Waals surface area contributed by atoms with Crippen molar-refractivity contribution < 1.29 is 9.90 Å². The first-order valence-corrected chi connectivity index (χ1v) is 5.44. The van der Waals surface area contributed by atoms with E-state index in [4.69, 9.17) is 5.11 Å². The maximum absolute atomic E-state index is 11.6. The average Bonchev–Trinajstić information content (AvgIpc) is 2.44. The molecule has 0 fully saturated rings. The number of aromatic nitrogens is 2. The Morgan fingerprint density at radius 2 is 2.31 bits per heavy atom. The molecule has 1 unspecified atom stereocenters. The SMILES string of the molecule is Cc1cc(C)n(CC(=O)NC(C)CCO)n1. The number of aliphatic hydroxyl groups excluding tert-OH is 1. The Morgan fingerprint density at radius 3 is 2.81 bits per heavy atom. The lowest BCUT2D eigenvalue weighted by molar-refractivity contribution is -0.122. The summed E-state index contributed by atoms with van der Waals surface area (Å²) in [6.45, 7) is 6.01. The maximum atomic E-state index is 11.6. The van der Waals surface area contributed by atoms with E-state index in [0.717, 1.165) is 11.4 Å². The molecule has 0 aliphatic carbocycles. The number of nitrogens with one attached hydrogen (secondary N) is 1. The van der Waals surface area contributed by atoms with E-state index in [0.29, 0.717) is 6.42 Å². The van der Waals surface area contributed by atoms with E-state index >= 15 is 0 Å². The summed E-state index contributed by atoms with van der Waals surface area (Å²) in [5.41, 5.74) is 1.89. The van der Waals surface area contributed by atoms with Crippen molar-refractivity contribution in [1.82, 2.24) is 15.1 Å². The van der Waals surface area contributed by atoms with Crippen molar-refractivity contribution in [3.63, 3.8) is 0 Å². The molecule has 90 valence electrons. The minimum Gasteiger partial charge on any atom is -0.396 e. The fourth-order valence-corrected chi connectivity index (χ4v) is 1.56. The Hall–Kier alpha value is -1.36. The summed E-state index contributed by atoms with van der Waals surface area (Å²) in [6.07, 6.45) is 0.572. The third-order valence-electron chi connectivity index (χ3n) is 2.37. The monoisotopic (exact) mass is 225 g/mol. The highest BCUT2D eigenvalue weighted by molar-refractivity contribution is 5.76. The number of carbonyl (C=O) groups excluding carboxylic acids is 1. The van der Waals surface area contributed by atoms with Gasteiger partial charge in [0.1, 0.15) is 6.54 Å². The number of carbonyl (C=O) groups is 1. The van der Waals surface area contributed by atoms with Gasteiger partial charge in [0.15, 0.2) is 0 Å².